The molecule has 1 aromatic carbocycles. The summed E-state index contributed by atoms with van der Waals surface area (Å²) in [6.45, 7) is 2.68. The molecule has 1 spiro atoms. The molecule has 0 unspecified atom stereocenters. The van der Waals surface area contributed by atoms with Crippen molar-refractivity contribution in [1.82, 2.24) is 9.88 Å². The summed E-state index contributed by atoms with van der Waals surface area (Å²) in [4.78, 5) is 18.7. The van der Waals surface area contributed by atoms with E-state index in [-0.39, 0.29) is 17.6 Å². The number of likely N-dealkylation sites (tertiary alicyclic amines) is 1. The van der Waals surface area contributed by atoms with Gasteiger partial charge in [-0.1, -0.05) is 0 Å². The Hall–Kier alpha value is -2.48. The normalized spacial score (nSPS) is 24.5. The topological polar surface area (TPSA) is 72.9 Å². The van der Waals surface area contributed by atoms with E-state index in [0.717, 1.165) is 44.6 Å². The molecule has 0 saturated carbocycles. The second-order valence-electron chi connectivity index (χ2n) is 7.60. The zero-order valence-electron chi connectivity index (χ0n) is 16.7. The number of aromatic nitrogens is 1. The van der Waals surface area contributed by atoms with Crippen LogP contribution in [0.15, 0.2) is 48.8 Å². The lowest BCUT2D eigenvalue weighted by atomic mass is 9.87. The van der Waals surface area contributed by atoms with E-state index in [0.29, 0.717) is 18.0 Å². The zero-order valence-corrected chi connectivity index (χ0v) is 16.7. The number of benzene rings is 1. The first-order valence-electron chi connectivity index (χ1n) is 10.0. The molecule has 29 heavy (non-hydrogen) atoms. The van der Waals surface area contributed by atoms with E-state index in [4.69, 9.17) is 14.2 Å². The Morgan fingerprint density at radius 3 is 2.86 bits per heavy atom. The minimum absolute atomic E-state index is 0.0325. The molecule has 0 radical (unpaired) electrons. The molecular weight excluding hydrogens is 370 g/mol. The molecule has 3 heterocycles. The smallest absolute Gasteiger partial charge is 0.238 e. The lowest BCUT2D eigenvalue weighted by Crippen LogP contribution is -2.58. The fourth-order valence-electron chi connectivity index (χ4n) is 4.24. The van der Waals surface area contributed by atoms with E-state index >= 15 is 0 Å². The molecule has 0 bridgehead atoms. The van der Waals surface area contributed by atoms with E-state index in [9.17, 15) is 4.79 Å². The van der Waals surface area contributed by atoms with Gasteiger partial charge >= 0.3 is 0 Å². The van der Waals surface area contributed by atoms with Crippen molar-refractivity contribution in [2.24, 2.45) is 0 Å². The average molecular weight is 397 g/mol. The van der Waals surface area contributed by atoms with Gasteiger partial charge < -0.3 is 19.5 Å². The molecule has 1 amide bonds. The van der Waals surface area contributed by atoms with E-state index in [2.05, 4.69) is 15.2 Å². The number of pyridine rings is 1. The highest BCUT2D eigenvalue weighted by atomic mass is 16.6. The third-order valence-electron chi connectivity index (χ3n) is 5.58. The summed E-state index contributed by atoms with van der Waals surface area (Å²) >= 11 is 0. The molecule has 4 rings (SSSR count). The van der Waals surface area contributed by atoms with Gasteiger partial charge in [-0.05, 0) is 55.7 Å². The molecule has 2 aromatic rings. The number of amides is 1. The molecule has 0 aliphatic carbocycles. The number of anilines is 1. The van der Waals surface area contributed by atoms with Crippen LogP contribution in [0.2, 0.25) is 0 Å². The van der Waals surface area contributed by atoms with Crippen LogP contribution in [0.4, 0.5) is 5.69 Å². The molecule has 2 fully saturated rings. The lowest BCUT2D eigenvalue weighted by molar-refractivity contribution is -0.146. The molecule has 7 nitrogen and oxygen atoms in total. The Bertz CT molecular complexity index is 807. The van der Waals surface area contributed by atoms with Gasteiger partial charge in [0.05, 0.1) is 18.8 Å². The Balaban J connectivity index is 1.30. The number of hydrogen-bond donors (Lipinski definition) is 1. The van der Waals surface area contributed by atoms with Gasteiger partial charge in [-0.25, -0.2) is 0 Å². The molecule has 7 heteroatoms. The fraction of sp³-hybridized carbons (Fsp3) is 0.455. The lowest BCUT2D eigenvalue weighted by Gasteiger charge is -2.44. The number of methoxy groups -OCH3 is 1. The first-order chi connectivity index (χ1) is 14.2. The molecule has 2 saturated heterocycles. The van der Waals surface area contributed by atoms with Gasteiger partial charge in [-0.15, -0.1) is 0 Å². The van der Waals surface area contributed by atoms with Gasteiger partial charge in [-0.2, -0.15) is 0 Å². The Morgan fingerprint density at radius 1 is 1.31 bits per heavy atom. The predicted molar refractivity (Wildman–Crippen MR) is 109 cm³/mol. The van der Waals surface area contributed by atoms with Crippen LogP contribution in [-0.4, -0.2) is 60.8 Å². The number of ether oxygens (including phenoxy) is 3. The van der Waals surface area contributed by atoms with Crippen LogP contribution in [0.1, 0.15) is 19.3 Å². The minimum Gasteiger partial charge on any atom is -0.456 e. The number of nitrogens with zero attached hydrogens (tertiary/aromatic N) is 2. The van der Waals surface area contributed by atoms with Crippen molar-refractivity contribution in [3.8, 4) is 11.5 Å². The first kappa shape index (κ1) is 19.8. The van der Waals surface area contributed by atoms with Crippen LogP contribution in [0.3, 0.4) is 0 Å². The highest BCUT2D eigenvalue weighted by molar-refractivity contribution is 5.92. The van der Waals surface area contributed by atoms with Crippen molar-refractivity contribution < 1.29 is 19.0 Å². The Labute approximate surface area is 171 Å². The Morgan fingerprint density at radius 2 is 2.17 bits per heavy atom. The molecule has 1 N–H and O–H groups in total. The van der Waals surface area contributed by atoms with Gasteiger partial charge in [0.2, 0.25) is 5.91 Å². The van der Waals surface area contributed by atoms with E-state index in [1.54, 1.807) is 19.5 Å². The first-order valence-corrected chi connectivity index (χ1v) is 10.0. The highest BCUT2D eigenvalue weighted by Gasteiger charge is 2.47. The number of hydrogen-bond acceptors (Lipinski definition) is 6. The number of nitrogens with one attached hydrogen (secondary N) is 1. The third-order valence-corrected chi connectivity index (χ3v) is 5.58. The van der Waals surface area contributed by atoms with E-state index < -0.39 is 0 Å². The second-order valence-corrected chi connectivity index (χ2v) is 7.60. The van der Waals surface area contributed by atoms with Crippen molar-refractivity contribution in [3.63, 3.8) is 0 Å². The number of carbonyl (C=O) groups is 1. The van der Waals surface area contributed by atoms with Crippen molar-refractivity contribution in [2.75, 3.05) is 38.7 Å². The number of rotatable bonds is 6. The summed E-state index contributed by atoms with van der Waals surface area (Å²) in [5.41, 5.74) is 0.477. The maximum atomic E-state index is 12.5. The maximum Gasteiger partial charge on any atom is 0.238 e. The summed E-state index contributed by atoms with van der Waals surface area (Å²) in [5.74, 6) is 1.33. The molecule has 2 aliphatic rings. The van der Waals surface area contributed by atoms with Crippen LogP contribution in [-0.2, 0) is 14.3 Å². The zero-order chi connectivity index (χ0) is 20.1. The van der Waals surface area contributed by atoms with Crippen LogP contribution >= 0.6 is 0 Å². The van der Waals surface area contributed by atoms with Crippen molar-refractivity contribution in [2.45, 2.75) is 31.0 Å². The molecular formula is C22H27N3O4. The predicted octanol–water partition coefficient (Wildman–Crippen LogP) is 3.08. The molecule has 2 atom stereocenters. The van der Waals surface area contributed by atoms with Gasteiger partial charge in [0, 0.05) is 38.7 Å². The quantitative estimate of drug-likeness (QED) is 0.808. The second kappa shape index (κ2) is 8.90. The van der Waals surface area contributed by atoms with Crippen LogP contribution in [0.25, 0.3) is 0 Å². The van der Waals surface area contributed by atoms with Gasteiger partial charge in [0.25, 0.3) is 0 Å². The summed E-state index contributed by atoms with van der Waals surface area (Å²) in [6, 6.07) is 11.0. The largest absolute Gasteiger partial charge is 0.456 e. The summed E-state index contributed by atoms with van der Waals surface area (Å²) in [7, 11) is 1.75. The van der Waals surface area contributed by atoms with Gasteiger partial charge in [0.15, 0.2) is 0 Å². The molecule has 1 aromatic heterocycles. The van der Waals surface area contributed by atoms with Crippen LogP contribution < -0.4 is 10.1 Å². The monoisotopic (exact) mass is 397 g/mol. The van der Waals surface area contributed by atoms with Crippen LogP contribution in [0.5, 0.6) is 11.5 Å². The van der Waals surface area contributed by atoms with Crippen molar-refractivity contribution >= 4 is 11.6 Å². The summed E-state index contributed by atoms with van der Waals surface area (Å²) < 4.78 is 17.4. The highest BCUT2D eigenvalue weighted by Crippen LogP contribution is 2.36. The third kappa shape index (κ3) is 4.75. The minimum atomic E-state index is -0.265. The average Bonchev–Trinajstić information content (AvgIpc) is 3.19. The summed E-state index contributed by atoms with van der Waals surface area (Å²) in [6.07, 6.45) is 6.38. The number of piperidine rings is 1. The Kier molecular flexibility index (Phi) is 6.08. The van der Waals surface area contributed by atoms with E-state index in [1.165, 1.54) is 0 Å². The van der Waals surface area contributed by atoms with E-state index in [1.807, 2.05) is 36.4 Å². The number of carbonyl (C=O) groups excluding carboxylic acids is 1. The standard InChI is InChI=1S/C22H27N3O4/c1-27-20-9-12-25(16-22(20)10-3-13-28-22)15-21(26)24-17-5-7-18(8-6-17)29-19-4-2-11-23-14-19/h2,4-8,11,14,20H,3,9-10,12-13,15-16H2,1H3,(H,24,26)/t20-,22+/m1/s1. The molecule has 2 aliphatic heterocycles. The van der Waals surface area contributed by atoms with Gasteiger partial charge in [0.1, 0.15) is 17.1 Å². The van der Waals surface area contributed by atoms with Crippen molar-refractivity contribution in [3.05, 3.63) is 48.8 Å². The van der Waals surface area contributed by atoms with Gasteiger partial charge in [-0.3, -0.25) is 14.7 Å². The van der Waals surface area contributed by atoms with Crippen molar-refractivity contribution in [1.29, 1.82) is 0 Å². The fourth-order valence-corrected chi connectivity index (χ4v) is 4.24. The maximum absolute atomic E-state index is 12.5. The SMILES string of the molecule is CO[C@@H]1CCN(CC(=O)Nc2ccc(Oc3cccnc3)cc2)C[C@@]12CCCO2. The summed E-state index contributed by atoms with van der Waals surface area (Å²) in [5, 5.41) is 2.96. The van der Waals surface area contributed by atoms with Crippen LogP contribution in [0, 0.1) is 0 Å². The molecule has 154 valence electrons.